The van der Waals surface area contributed by atoms with Gasteiger partial charge in [0, 0.05) is 5.56 Å². The van der Waals surface area contributed by atoms with E-state index in [1.165, 1.54) is 32.4 Å². The number of nitrogens with zero attached hydrogens (tertiary/aromatic N) is 1. The molecule has 0 saturated heterocycles. The Morgan fingerprint density at radius 1 is 1.15 bits per heavy atom. The van der Waals surface area contributed by atoms with Gasteiger partial charge in [-0.3, -0.25) is 0 Å². The fourth-order valence-corrected chi connectivity index (χ4v) is 3.60. The number of carboxylic acids is 1. The average molecular weight is 392 g/mol. The standard InChI is InChI=1S/C18H20N2O6S/c1-11-5-6-12(2)15(9-11)27(23,24)20-19-10-13-7-8-14(25-3)17(26-4)16(13)18(21)22/h5-10,20H,1-4H3,(H,21,22)/b19-10-. The topological polar surface area (TPSA) is 114 Å². The fraction of sp³-hybridized carbons (Fsp3) is 0.222. The lowest BCUT2D eigenvalue weighted by Gasteiger charge is -2.12. The monoisotopic (exact) mass is 392 g/mol. The number of rotatable bonds is 7. The van der Waals surface area contributed by atoms with Gasteiger partial charge >= 0.3 is 5.97 Å². The molecule has 0 aliphatic carbocycles. The molecule has 8 nitrogen and oxygen atoms in total. The first-order chi connectivity index (χ1) is 12.7. The van der Waals surface area contributed by atoms with Crippen molar-refractivity contribution in [1.82, 2.24) is 4.83 Å². The van der Waals surface area contributed by atoms with E-state index in [4.69, 9.17) is 9.47 Å². The van der Waals surface area contributed by atoms with Gasteiger partial charge in [0.25, 0.3) is 10.0 Å². The number of aryl methyl sites for hydroxylation is 2. The van der Waals surface area contributed by atoms with Gasteiger partial charge in [-0.05, 0) is 43.2 Å². The lowest BCUT2D eigenvalue weighted by atomic mass is 10.1. The van der Waals surface area contributed by atoms with Crippen LogP contribution < -0.4 is 14.3 Å². The third kappa shape index (κ3) is 4.37. The molecule has 0 atom stereocenters. The molecule has 0 fully saturated rings. The summed E-state index contributed by atoms with van der Waals surface area (Å²) in [6.07, 6.45) is 1.11. The van der Waals surface area contributed by atoms with Crippen LogP contribution in [0.15, 0.2) is 40.3 Å². The highest BCUT2D eigenvalue weighted by Gasteiger charge is 2.20. The maximum absolute atomic E-state index is 12.5. The fourth-order valence-electron chi connectivity index (χ4n) is 2.48. The van der Waals surface area contributed by atoms with Crippen molar-refractivity contribution in [2.24, 2.45) is 5.10 Å². The molecule has 2 aromatic carbocycles. The summed E-state index contributed by atoms with van der Waals surface area (Å²) >= 11 is 0. The van der Waals surface area contributed by atoms with E-state index >= 15 is 0 Å². The first kappa shape index (κ1) is 20.2. The minimum atomic E-state index is -3.90. The minimum Gasteiger partial charge on any atom is -0.493 e. The predicted octanol–water partition coefficient (Wildman–Crippen LogP) is 2.33. The van der Waals surface area contributed by atoms with E-state index in [0.717, 1.165) is 11.8 Å². The van der Waals surface area contributed by atoms with Gasteiger partial charge in [0.1, 0.15) is 5.56 Å². The third-order valence-electron chi connectivity index (χ3n) is 3.80. The second-order valence-electron chi connectivity index (χ2n) is 5.69. The maximum Gasteiger partial charge on any atom is 0.340 e. The molecule has 0 unspecified atom stereocenters. The normalized spacial score (nSPS) is 11.4. The number of carboxylic acid groups (broad SMARTS) is 1. The molecule has 0 spiro atoms. The first-order valence-electron chi connectivity index (χ1n) is 7.81. The van der Waals surface area contributed by atoms with Gasteiger partial charge in [0.15, 0.2) is 11.5 Å². The Kier molecular flexibility index (Phi) is 6.06. The number of aromatic carboxylic acids is 1. The van der Waals surface area contributed by atoms with Gasteiger partial charge < -0.3 is 14.6 Å². The van der Waals surface area contributed by atoms with E-state index in [-0.39, 0.29) is 27.5 Å². The highest BCUT2D eigenvalue weighted by Crippen LogP contribution is 2.32. The molecule has 2 aromatic rings. The van der Waals surface area contributed by atoms with Crippen LogP contribution in [0.3, 0.4) is 0 Å². The van der Waals surface area contributed by atoms with Crippen LogP contribution in [0.2, 0.25) is 0 Å². The van der Waals surface area contributed by atoms with Crippen LogP contribution in [-0.2, 0) is 10.0 Å². The maximum atomic E-state index is 12.5. The molecule has 144 valence electrons. The van der Waals surface area contributed by atoms with E-state index in [1.54, 1.807) is 26.0 Å². The number of ether oxygens (including phenoxy) is 2. The van der Waals surface area contributed by atoms with Crippen molar-refractivity contribution in [3.8, 4) is 11.5 Å². The number of hydrazone groups is 1. The number of carbonyl (C=O) groups is 1. The second-order valence-corrected chi connectivity index (χ2v) is 7.32. The summed E-state index contributed by atoms with van der Waals surface area (Å²) in [4.78, 5) is 13.8. The summed E-state index contributed by atoms with van der Waals surface area (Å²) in [6.45, 7) is 3.46. The zero-order valence-electron chi connectivity index (χ0n) is 15.3. The number of hydrogen-bond donors (Lipinski definition) is 2. The summed E-state index contributed by atoms with van der Waals surface area (Å²) in [5.41, 5.74) is 1.33. The molecule has 0 saturated carbocycles. The molecule has 0 aromatic heterocycles. The number of sulfonamides is 1. The zero-order valence-corrected chi connectivity index (χ0v) is 16.1. The Labute approximate surface area is 157 Å². The molecule has 9 heteroatoms. The molecule has 0 bridgehead atoms. The van der Waals surface area contributed by atoms with Crippen molar-refractivity contribution in [2.75, 3.05) is 14.2 Å². The van der Waals surface area contributed by atoms with Gasteiger partial charge in [0.05, 0.1) is 25.3 Å². The highest BCUT2D eigenvalue weighted by atomic mass is 32.2. The largest absolute Gasteiger partial charge is 0.493 e. The lowest BCUT2D eigenvalue weighted by molar-refractivity contribution is 0.0692. The van der Waals surface area contributed by atoms with Crippen molar-refractivity contribution in [2.45, 2.75) is 18.7 Å². The minimum absolute atomic E-state index is 0.0198. The van der Waals surface area contributed by atoms with Crippen molar-refractivity contribution >= 4 is 22.2 Å². The predicted molar refractivity (Wildman–Crippen MR) is 100 cm³/mol. The van der Waals surface area contributed by atoms with Crippen LogP contribution in [0.4, 0.5) is 0 Å². The quantitative estimate of drug-likeness (QED) is 0.552. The smallest absolute Gasteiger partial charge is 0.340 e. The number of hydrogen-bond acceptors (Lipinski definition) is 6. The van der Waals surface area contributed by atoms with E-state index in [2.05, 4.69) is 9.93 Å². The van der Waals surface area contributed by atoms with Crippen LogP contribution in [0.1, 0.15) is 27.0 Å². The average Bonchev–Trinajstić information content (AvgIpc) is 2.62. The molecule has 0 heterocycles. The van der Waals surface area contributed by atoms with Crippen molar-refractivity contribution in [3.05, 3.63) is 52.6 Å². The first-order valence-corrected chi connectivity index (χ1v) is 9.30. The molecule has 2 rings (SSSR count). The van der Waals surface area contributed by atoms with Gasteiger partial charge in [-0.2, -0.15) is 13.5 Å². The summed E-state index contributed by atoms with van der Waals surface area (Å²) in [5, 5.41) is 13.2. The summed E-state index contributed by atoms with van der Waals surface area (Å²) in [7, 11) is -1.20. The van der Waals surface area contributed by atoms with Crippen LogP contribution in [0.5, 0.6) is 11.5 Å². The zero-order chi connectivity index (χ0) is 20.2. The lowest BCUT2D eigenvalue weighted by Crippen LogP contribution is -2.19. The van der Waals surface area contributed by atoms with Crippen molar-refractivity contribution in [1.29, 1.82) is 0 Å². The van der Waals surface area contributed by atoms with Gasteiger partial charge in [-0.1, -0.05) is 12.1 Å². The molecular weight excluding hydrogens is 372 g/mol. The van der Waals surface area contributed by atoms with Gasteiger partial charge in [-0.15, -0.1) is 0 Å². The second kappa shape index (κ2) is 8.09. The van der Waals surface area contributed by atoms with Crippen molar-refractivity contribution < 1.29 is 27.8 Å². The van der Waals surface area contributed by atoms with Crippen LogP contribution >= 0.6 is 0 Å². The highest BCUT2D eigenvalue weighted by molar-refractivity contribution is 7.89. The SMILES string of the molecule is COc1ccc(/C=N\NS(=O)(=O)c2cc(C)ccc2C)c(C(=O)O)c1OC. The number of benzene rings is 2. The molecule has 0 amide bonds. The molecule has 2 N–H and O–H groups in total. The summed E-state index contributed by atoms with van der Waals surface area (Å²) < 4.78 is 35.1. The Balaban J connectivity index is 2.38. The van der Waals surface area contributed by atoms with E-state index in [9.17, 15) is 18.3 Å². The van der Waals surface area contributed by atoms with E-state index < -0.39 is 16.0 Å². The van der Waals surface area contributed by atoms with Crippen molar-refractivity contribution in [3.63, 3.8) is 0 Å². The van der Waals surface area contributed by atoms with E-state index in [1.807, 2.05) is 0 Å². The molecule has 0 aliphatic heterocycles. The third-order valence-corrected chi connectivity index (χ3v) is 5.17. The number of methoxy groups -OCH3 is 2. The summed E-state index contributed by atoms with van der Waals surface area (Å²) in [5.74, 6) is -1.00. The molecule has 27 heavy (non-hydrogen) atoms. The summed E-state index contributed by atoms with van der Waals surface area (Å²) in [6, 6.07) is 7.99. The van der Waals surface area contributed by atoms with E-state index in [0.29, 0.717) is 5.56 Å². The number of nitrogens with one attached hydrogen (secondary N) is 1. The van der Waals surface area contributed by atoms with Crippen LogP contribution in [-0.4, -0.2) is 39.9 Å². The Morgan fingerprint density at radius 2 is 1.85 bits per heavy atom. The molecule has 0 radical (unpaired) electrons. The Hall–Kier alpha value is -3.07. The van der Waals surface area contributed by atoms with Gasteiger partial charge in [-0.25, -0.2) is 9.63 Å². The van der Waals surface area contributed by atoms with Crippen LogP contribution in [0, 0.1) is 13.8 Å². The van der Waals surface area contributed by atoms with Gasteiger partial charge in [0.2, 0.25) is 0 Å². The molecular formula is C18H20N2O6S. The molecule has 0 aliphatic rings. The van der Waals surface area contributed by atoms with Crippen LogP contribution in [0.25, 0.3) is 0 Å². The Bertz CT molecular complexity index is 999. The Morgan fingerprint density at radius 3 is 2.44 bits per heavy atom.